The first-order valence-corrected chi connectivity index (χ1v) is 6.32. The molecule has 0 aliphatic heterocycles. The Labute approximate surface area is 113 Å². The van der Waals surface area contributed by atoms with Crippen LogP contribution in [0.5, 0.6) is 0 Å². The maximum Gasteiger partial charge on any atom is 0.182 e. The van der Waals surface area contributed by atoms with E-state index in [0.29, 0.717) is 10.6 Å². The molecule has 1 heterocycles. The third-order valence-electron chi connectivity index (χ3n) is 2.35. The third-order valence-corrected chi connectivity index (χ3v) is 3.62. The summed E-state index contributed by atoms with van der Waals surface area (Å²) in [4.78, 5) is 15.8. The van der Waals surface area contributed by atoms with Crippen LogP contribution in [0.25, 0.3) is 0 Å². The molecule has 0 amide bonds. The van der Waals surface area contributed by atoms with Crippen LogP contribution in [0.1, 0.15) is 20.7 Å². The molecule has 1 atom stereocenters. The molecule has 1 aromatic carbocycles. The van der Waals surface area contributed by atoms with E-state index in [9.17, 15) is 4.79 Å². The van der Waals surface area contributed by atoms with Crippen LogP contribution < -0.4 is 0 Å². The fraction of sp³-hybridized carbons (Fsp3) is 0.0769. The van der Waals surface area contributed by atoms with Crippen LogP contribution >= 0.6 is 27.5 Å². The van der Waals surface area contributed by atoms with Crippen molar-refractivity contribution in [1.82, 2.24) is 4.98 Å². The molecule has 1 aromatic heterocycles. The molecule has 0 radical (unpaired) electrons. The Hall–Kier alpha value is -1.19. The van der Waals surface area contributed by atoms with E-state index in [0.717, 1.165) is 5.56 Å². The lowest BCUT2D eigenvalue weighted by Crippen LogP contribution is -2.07. The summed E-state index contributed by atoms with van der Waals surface area (Å²) in [5.74, 6) is -0.0661. The summed E-state index contributed by atoms with van der Waals surface area (Å²) in [5, 5.41) is 0.464. The highest BCUT2D eigenvalue weighted by molar-refractivity contribution is 9.09. The summed E-state index contributed by atoms with van der Waals surface area (Å²) in [5.41, 5.74) is 1.33. The number of alkyl halides is 1. The van der Waals surface area contributed by atoms with Crippen molar-refractivity contribution in [3.63, 3.8) is 0 Å². The quantitative estimate of drug-likeness (QED) is 0.632. The van der Waals surface area contributed by atoms with E-state index in [1.165, 1.54) is 0 Å². The SMILES string of the molecule is O=C(c1ccccc1Cl)[C@@H](Br)c1cccnc1. The highest BCUT2D eigenvalue weighted by Crippen LogP contribution is 2.29. The number of Topliss-reactive ketones (excluding diaryl/α,β-unsaturated/α-hetero) is 1. The lowest BCUT2D eigenvalue weighted by atomic mass is 10.0. The molecule has 2 nitrogen and oxygen atoms in total. The minimum Gasteiger partial charge on any atom is -0.292 e. The Bertz CT molecular complexity index is 530. The molecule has 0 spiro atoms. The lowest BCUT2D eigenvalue weighted by Gasteiger charge is -2.09. The number of ketones is 1. The van der Waals surface area contributed by atoms with Gasteiger partial charge in [0.25, 0.3) is 0 Å². The smallest absolute Gasteiger partial charge is 0.182 e. The first-order valence-electron chi connectivity index (χ1n) is 5.03. The third kappa shape index (κ3) is 2.73. The molecule has 0 bridgehead atoms. The van der Waals surface area contributed by atoms with Gasteiger partial charge in [0.05, 0.1) is 5.02 Å². The summed E-state index contributed by atoms with van der Waals surface area (Å²) < 4.78 is 0. The van der Waals surface area contributed by atoms with E-state index < -0.39 is 4.83 Å². The number of rotatable bonds is 3. The molecule has 17 heavy (non-hydrogen) atoms. The number of halogens is 2. The van der Waals surface area contributed by atoms with E-state index in [2.05, 4.69) is 20.9 Å². The van der Waals surface area contributed by atoms with Gasteiger partial charge < -0.3 is 0 Å². The van der Waals surface area contributed by atoms with E-state index in [-0.39, 0.29) is 5.78 Å². The Kier molecular flexibility index (Phi) is 3.92. The van der Waals surface area contributed by atoms with E-state index in [4.69, 9.17) is 11.6 Å². The molecule has 0 fully saturated rings. The van der Waals surface area contributed by atoms with Gasteiger partial charge in [0.1, 0.15) is 4.83 Å². The van der Waals surface area contributed by atoms with Gasteiger partial charge in [0, 0.05) is 18.0 Å². The average molecular weight is 311 g/mol. The van der Waals surface area contributed by atoms with Crippen molar-refractivity contribution in [2.24, 2.45) is 0 Å². The van der Waals surface area contributed by atoms with Crippen LogP contribution in [-0.4, -0.2) is 10.8 Å². The minimum atomic E-state index is -0.420. The predicted octanol–water partition coefficient (Wildman–Crippen LogP) is 4.05. The molecule has 0 aliphatic carbocycles. The number of carbonyl (C=O) groups is 1. The van der Waals surface area contributed by atoms with Gasteiger partial charge in [-0.15, -0.1) is 0 Å². The zero-order chi connectivity index (χ0) is 12.3. The molecular formula is C13H9BrClNO. The van der Waals surface area contributed by atoms with Crippen LogP contribution in [-0.2, 0) is 0 Å². The molecule has 0 saturated heterocycles. The van der Waals surface area contributed by atoms with E-state index in [1.807, 2.05) is 6.07 Å². The summed E-state index contributed by atoms with van der Waals surface area (Å²) in [6.45, 7) is 0. The fourth-order valence-corrected chi connectivity index (χ4v) is 2.22. The molecule has 0 saturated carbocycles. The molecule has 0 N–H and O–H groups in total. The molecule has 0 unspecified atom stereocenters. The zero-order valence-electron chi connectivity index (χ0n) is 8.81. The number of benzene rings is 1. The Morgan fingerprint density at radius 1 is 1.24 bits per heavy atom. The molecule has 4 heteroatoms. The Balaban J connectivity index is 2.30. The fourth-order valence-electron chi connectivity index (χ4n) is 1.47. The number of carbonyl (C=O) groups excluding carboxylic acids is 1. The van der Waals surface area contributed by atoms with Gasteiger partial charge in [-0.25, -0.2) is 0 Å². The zero-order valence-corrected chi connectivity index (χ0v) is 11.1. The topological polar surface area (TPSA) is 30.0 Å². The average Bonchev–Trinajstić information content (AvgIpc) is 2.39. The highest BCUT2D eigenvalue weighted by Gasteiger charge is 2.20. The second kappa shape index (κ2) is 5.43. The first-order chi connectivity index (χ1) is 8.20. The number of aromatic nitrogens is 1. The summed E-state index contributed by atoms with van der Waals surface area (Å²) in [6.07, 6.45) is 3.33. The normalized spacial score (nSPS) is 12.1. The number of hydrogen-bond acceptors (Lipinski definition) is 2. The lowest BCUT2D eigenvalue weighted by molar-refractivity contribution is 0.0991. The second-order valence-corrected chi connectivity index (χ2v) is 4.82. The van der Waals surface area contributed by atoms with Crippen LogP contribution in [0.4, 0.5) is 0 Å². The van der Waals surface area contributed by atoms with Crippen molar-refractivity contribution in [2.45, 2.75) is 4.83 Å². The van der Waals surface area contributed by atoms with E-state index in [1.54, 1.807) is 42.7 Å². The first kappa shape index (κ1) is 12.3. The minimum absolute atomic E-state index is 0.0661. The molecule has 86 valence electrons. The van der Waals surface area contributed by atoms with Gasteiger partial charge in [-0.1, -0.05) is 45.7 Å². The molecular weight excluding hydrogens is 302 g/mol. The largest absolute Gasteiger partial charge is 0.292 e. The maximum absolute atomic E-state index is 12.2. The number of hydrogen-bond donors (Lipinski definition) is 0. The van der Waals surface area contributed by atoms with Gasteiger partial charge in [0.15, 0.2) is 5.78 Å². The molecule has 2 rings (SSSR count). The van der Waals surface area contributed by atoms with Crippen molar-refractivity contribution >= 4 is 33.3 Å². The van der Waals surface area contributed by atoms with Crippen molar-refractivity contribution in [3.8, 4) is 0 Å². The summed E-state index contributed by atoms with van der Waals surface area (Å²) in [6, 6.07) is 10.7. The van der Waals surface area contributed by atoms with Crippen LogP contribution in [0.15, 0.2) is 48.8 Å². The van der Waals surface area contributed by atoms with Crippen LogP contribution in [0.2, 0.25) is 5.02 Å². The Morgan fingerprint density at radius 3 is 2.65 bits per heavy atom. The van der Waals surface area contributed by atoms with E-state index >= 15 is 0 Å². The van der Waals surface area contributed by atoms with Gasteiger partial charge in [-0.2, -0.15) is 0 Å². The predicted molar refractivity (Wildman–Crippen MR) is 71.7 cm³/mol. The van der Waals surface area contributed by atoms with Crippen molar-refractivity contribution in [2.75, 3.05) is 0 Å². The Morgan fingerprint density at radius 2 is 2.00 bits per heavy atom. The van der Waals surface area contributed by atoms with Gasteiger partial charge in [-0.05, 0) is 23.8 Å². The number of nitrogens with zero attached hydrogens (tertiary/aromatic N) is 1. The van der Waals surface area contributed by atoms with Gasteiger partial charge >= 0.3 is 0 Å². The molecule has 2 aromatic rings. The van der Waals surface area contributed by atoms with Crippen LogP contribution in [0.3, 0.4) is 0 Å². The van der Waals surface area contributed by atoms with Crippen LogP contribution in [0, 0.1) is 0 Å². The highest BCUT2D eigenvalue weighted by atomic mass is 79.9. The van der Waals surface area contributed by atoms with Crippen molar-refractivity contribution < 1.29 is 4.79 Å². The maximum atomic E-state index is 12.2. The monoisotopic (exact) mass is 309 g/mol. The van der Waals surface area contributed by atoms with Crippen molar-refractivity contribution in [3.05, 3.63) is 64.9 Å². The number of pyridine rings is 1. The molecule has 0 aliphatic rings. The van der Waals surface area contributed by atoms with Gasteiger partial charge in [0.2, 0.25) is 0 Å². The summed E-state index contributed by atoms with van der Waals surface area (Å²) in [7, 11) is 0. The second-order valence-electron chi connectivity index (χ2n) is 3.49. The standard InChI is InChI=1S/C13H9BrClNO/c14-12(9-4-3-7-16-8-9)13(17)10-5-1-2-6-11(10)15/h1-8,12H/t12-/m0/s1. The van der Waals surface area contributed by atoms with Crippen molar-refractivity contribution in [1.29, 1.82) is 0 Å². The van der Waals surface area contributed by atoms with Gasteiger partial charge in [-0.3, -0.25) is 9.78 Å². The summed E-state index contributed by atoms with van der Waals surface area (Å²) >= 11 is 9.37.